The number of nitrogens with one attached hydrogen (secondary N) is 1. The summed E-state index contributed by atoms with van der Waals surface area (Å²) in [5.41, 5.74) is 0.400. The molecule has 3 heterocycles. The van der Waals surface area contributed by atoms with Crippen molar-refractivity contribution in [1.82, 2.24) is 14.3 Å². The maximum Gasteiger partial charge on any atom is 0.271 e. The summed E-state index contributed by atoms with van der Waals surface area (Å²) in [6.45, 7) is 3.16. The Balaban J connectivity index is 1.85. The van der Waals surface area contributed by atoms with Crippen LogP contribution in [0.2, 0.25) is 0 Å². The van der Waals surface area contributed by atoms with Gasteiger partial charge in [0.1, 0.15) is 22.3 Å². The van der Waals surface area contributed by atoms with E-state index < -0.39 is 26.6 Å². The molecule has 0 unspecified atom stereocenters. The Morgan fingerprint density at radius 2 is 1.85 bits per heavy atom. The molecule has 1 aromatic carbocycles. The second kappa shape index (κ2) is 6.33. The van der Waals surface area contributed by atoms with E-state index in [0.717, 1.165) is 42.3 Å². The van der Waals surface area contributed by atoms with E-state index in [0.29, 0.717) is 22.8 Å². The van der Waals surface area contributed by atoms with Gasteiger partial charge in [0.2, 0.25) is 0 Å². The van der Waals surface area contributed by atoms with Crippen LogP contribution < -0.4 is 10.2 Å². The number of hydrogen-bond donors (Lipinski definition) is 1. The van der Waals surface area contributed by atoms with Crippen molar-refractivity contribution in [1.29, 1.82) is 0 Å². The van der Waals surface area contributed by atoms with Crippen molar-refractivity contribution in [2.45, 2.75) is 4.90 Å². The molecule has 4 rings (SSSR count). The van der Waals surface area contributed by atoms with Gasteiger partial charge >= 0.3 is 0 Å². The molecule has 26 heavy (non-hydrogen) atoms. The zero-order valence-electron chi connectivity index (χ0n) is 13.7. The lowest BCUT2D eigenvalue weighted by Crippen LogP contribution is -2.43. The van der Waals surface area contributed by atoms with Gasteiger partial charge in [-0.2, -0.15) is 0 Å². The predicted molar refractivity (Wildman–Crippen MR) is 93.8 cm³/mol. The van der Waals surface area contributed by atoms with Crippen LogP contribution >= 0.6 is 0 Å². The molecule has 1 fully saturated rings. The minimum absolute atomic E-state index is 0.400. The summed E-state index contributed by atoms with van der Waals surface area (Å²) in [5.74, 6) is -1.26. The Morgan fingerprint density at radius 3 is 2.58 bits per heavy atom. The number of aromatic nitrogens is 2. The first kappa shape index (κ1) is 16.9. The van der Waals surface area contributed by atoms with Gasteiger partial charge in [0.25, 0.3) is 10.0 Å². The van der Waals surface area contributed by atoms with Crippen molar-refractivity contribution < 1.29 is 17.2 Å². The zero-order chi connectivity index (χ0) is 18.3. The molecule has 1 aliphatic heterocycles. The van der Waals surface area contributed by atoms with E-state index in [1.54, 1.807) is 12.1 Å². The van der Waals surface area contributed by atoms with Crippen LogP contribution in [0.5, 0.6) is 0 Å². The summed E-state index contributed by atoms with van der Waals surface area (Å²) in [6.07, 6.45) is 2.91. The van der Waals surface area contributed by atoms with Crippen molar-refractivity contribution in [3.05, 3.63) is 54.4 Å². The lowest BCUT2D eigenvalue weighted by atomic mass is 10.2. The quantitative estimate of drug-likeness (QED) is 0.755. The van der Waals surface area contributed by atoms with Crippen LogP contribution in [0.1, 0.15) is 0 Å². The summed E-state index contributed by atoms with van der Waals surface area (Å²) in [5, 5.41) is 3.92. The average Bonchev–Trinajstić information content (AvgIpc) is 3.07. The number of nitrogens with zero attached hydrogens (tertiary/aromatic N) is 3. The normalized spacial score (nSPS) is 15.5. The van der Waals surface area contributed by atoms with Gasteiger partial charge in [-0.3, -0.25) is 0 Å². The first-order valence-electron chi connectivity index (χ1n) is 8.11. The number of benzene rings is 1. The number of rotatable bonds is 3. The lowest BCUT2D eigenvalue weighted by Gasteiger charge is -2.28. The molecule has 0 aliphatic carbocycles. The fraction of sp³-hybridized carbons (Fsp3) is 0.235. The minimum atomic E-state index is -4.20. The van der Waals surface area contributed by atoms with Gasteiger partial charge in [0.15, 0.2) is 0 Å². The van der Waals surface area contributed by atoms with Gasteiger partial charge in [-0.25, -0.2) is 26.2 Å². The molecule has 0 atom stereocenters. The average molecular weight is 378 g/mol. The molecule has 1 N–H and O–H groups in total. The summed E-state index contributed by atoms with van der Waals surface area (Å²) in [6, 6.07) is 5.64. The molecular weight excluding hydrogens is 362 g/mol. The minimum Gasteiger partial charge on any atom is -0.354 e. The smallest absolute Gasteiger partial charge is 0.271 e. The highest BCUT2D eigenvalue weighted by atomic mass is 32.2. The van der Waals surface area contributed by atoms with E-state index in [9.17, 15) is 17.2 Å². The molecule has 0 bridgehead atoms. The van der Waals surface area contributed by atoms with E-state index >= 15 is 0 Å². The summed E-state index contributed by atoms with van der Waals surface area (Å²) >= 11 is 0. The third-order valence-corrected chi connectivity index (χ3v) is 6.13. The fourth-order valence-corrected chi connectivity index (χ4v) is 4.55. The zero-order valence-corrected chi connectivity index (χ0v) is 14.5. The number of pyridine rings is 1. The molecule has 1 aliphatic rings. The van der Waals surface area contributed by atoms with Gasteiger partial charge in [0, 0.05) is 50.0 Å². The van der Waals surface area contributed by atoms with Crippen LogP contribution in [0.4, 0.5) is 14.6 Å². The first-order valence-corrected chi connectivity index (χ1v) is 9.55. The number of halogens is 2. The fourth-order valence-electron chi connectivity index (χ4n) is 3.16. The highest BCUT2D eigenvalue weighted by molar-refractivity contribution is 7.90. The SMILES string of the molecule is O=S(=O)(c1ccc(F)cc1F)n1ccc2c(N3CCNCC3)nccc21. The Kier molecular flexibility index (Phi) is 4.12. The van der Waals surface area contributed by atoms with Crippen LogP contribution in [0.25, 0.3) is 10.9 Å². The van der Waals surface area contributed by atoms with Gasteiger partial charge in [-0.15, -0.1) is 0 Å². The molecule has 1 saturated heterocycles. The highest BCUT2D eigenvalue weighted by Crippen LogP contribution is 2.29. The van der Waals surface area contributed by atoms with Gasteiger partial charge in [0.05, 0.1) is 5.52 Å². The number of fused-ring (bicyclic) bond motifs is 1. The van der Waals surface area contributed by atoms with E-state index in [1.807, 2.05) is 0 Å². The third kappa shape index (κ3) is 2.73. The van der Waals surface area contributed by atoms with E-state index in [4.69, 9.17) is 0 Å². The standard InChI is InChI=1S/C17H16F2N4O2S/c18-12-1-2-16(14(19)11-12)26(24,25)23-8-4-13-15(23)3-5-21-17(13)22-9-6-20-7-10-22/h1-5,8,11,20H,6-7,9-10H2. The number of anilines is 1. The largest absolute Gasteiger partial charge is 0.354 e. The van der Waals surface area contributed by atoms with Crippen LogP contribution in [-0.4, -0.2) is 43.6 Å². The maximum absolute atomic E-state index is 14.0. The van der Waals surface area contributed by atoms with Gasteiger partial charge in [-0.05, 0) is 24.3 Å². The molecule has 0 saturated carbocycles. The number of hydrogen-bond acceptors (Lipinski definition) is 5. The number of piperazine rings is 1. The van der Waals surface area contributed by atoms with Crippen molar-refractivity contribution in [3.8, 4) is 0 Å². The van der Waals surface area contributed by atoms with Crippen molar-refractivity contribution in [2.75, 3.05) is 31.1 Å². The van der Waals surface area contributed by atoms with Crippen molar-refractivity contribution >= 4 is 26.7 Å². The Morgan fingerprint density at radius 1 is 1.08 bits per heavy atom. The van der Waals surface area contributed by atoms with Crippen molar-refractivity contribution in [3.63, 3.8) is 0 Å². The lowest BCUT2D eigenvalue weighted by molar-refractivity contribution is 0.546. The van der Waals surface area contributed by atoms with E-state index in [-0.39, 0.29) is 0 Å². The van der Waals surface area contributed by atoms with Gasteiger partial charge < -0.3 is 10.2 Å². The Labute approximate surface area is 149 Å². The Bertz CT molecular complexity index is 1080. The van der Waals surface area contributed by atoms with Gasteiger partial charge in [-0.1, -0.05) is 0 Å². The molecule has 3 aromatic rings. The summed E-state index contributed by atoms with van der Waals surface area (Å²) in [7, 11) is -4.20. The van der Waals surface area contributed by atoms with E-state index in [2.05, 4.69) is 15.2 Å². The monoisotopic (exact) mass is 378 g/mol. The topological polar surface area (TPSA) is 67.2 Å². The molecule has 136 valence electrons. The maximum atomic E-state index is 14.0. The van der Waals surface area contributed by atoms with Crippen LogP contribution in [-0.2, 0) is 10.0 Å². The Hall–Kier alpha value is -2.52. The van der Waals surface area contributed by atoms with Crippen LogP contribution in [0.3, 0.4) is 0 Å². The van der Waals surface area contributed by atoms with E-state index in [1.165, 1.54) is 12.4 Å². The second-order valence-corrected chi connectivity index (χ2v) is 7.78. The molecular formula is C17H16F2N4O2S. The third-order valence-electron chi connectivity index (χ3n) is 4.41. The first-order chi connectivity index (χ1) is 12.5. The predicted octanol–water partition coefficient (Wildman–Crippen LogP) is 1.96. The molecule has 0 amide bonds. The molecule has 2 aromatic heterocycles. The molecule has 6 nitrogen and oxygen atoms in total. The van der Waals surface area contributed by atoms with Crippen LogP contribution in [0.15, 0.2) is 47.6 Å². The molecule has 0 radical (unpaired) electrons. The van der Waals surface area contributed by atoms with Crippen LogP contribution in [0, 0.1) is 11.6 Å². The summed E-state index contributed by atoms with van der Waals surface area (Å²) in [4.78, 5) is 5.90. The summed E-state index contributed by atoms with van der Waals surface area (Å²) < 4.78 is 54.0. The molecule has 9 heteroatoms. The van der Waals surface area contributed by atoms with Crippen molar-refractivity contribution in [2.24, 2.45) is 0 Å². The highest BCUT2D eigenvalue weighted by Gasteiger charge is 2.25. The second-order valence-electron chi connectivity index (χ2n) is 6.00. The molecule has 0 spiro atoms.